The fourth-order valence-corrected chi connectivity index (χ4v) is 4.97. The van der Waals surface area contributed by atoms with E-state index in [4.69, 9.17) is 5.73 Å². The lowest BCUT2D eigenvalue weighted by Crippen LogP contribution is -2.77. The Morgan fingerprint density at radius 2 is 2.27 bits per heavy atom. The largest absolute Gasteiger partial charge is 0.480 e. The predicted octanol–water partition coefficient (Wildman–Crippen LogP) is 0.167. The summed E-state index contributed by atoms with van der Waals surface area (Å²) in [4.78, 5) is 38.6. The van der Waals surface area contributed by atoms with Gasteiger partial charge in [0.05, 0.1) is 11.5 Å². The van der Waals surface area contributed by atoms with Crippen molar-refractivity contribution in [2.45, 2.75) is 23.9 Å². The van der Waals surface area contributed by atoms with E-state index < -0.39 is 17.6 Å². The molecule has 2 unspecified atom stereocenters. The molecule has 2 fully saturated rings. The number of carbonyl (C=O) groups excluding carboxylic acids is 2. The number of fused-ring (bicyclic) bond motifs is 1. The number of hydrogen-bond donors (Lipinski definition) is 2. The monoisotopic (exact) mass is 341 g/mol. The van der Waals surface area contributed by atoms with Gasteiger partial charge in [0.1, 0.15) is 17.0 Å². The van der Waals surface area contributed by atoms with Crippen LogP contribution in [0, 0.1) is 0 Å². The van der Waals surface area contributed by atoms with Crippen LogP contribution >= 0.6 is 23.1 Å². The van der Waals surface area contributed by atoms with Crippen LogP contribution in [0.5, 0.6) is 0 Å². The fourth-order valence-electron chi connectivity index (χ4n) is 2.70. The van der Waals surface area contributed by atoms with E-state index in [1.165, 1.54) is 39.8 Å². The molecule has 2 saturated heterocycles. The van der Waals surface area contributed by atoms with Crippen molar-refractivity contribution in [2.75, 3.05) is 17.2 Å². The number of β-lactam (4-membered cyclic amide) rings is 1. The molecule has 0 aromatic carbocycles. The normalized spacial score (nSPS) is 30.5. The highest BCUT2D eigenvalue weighted by atomic mass is 32.2. The Labute approximate surface area is 135 Å². The molecule has 0 aliphatic carbocycles. The Hall–Kier alpha value is -1.58. The number of carboxylic acids is 1. The van der Waals surface area contributed by atoms with Crippen LogP contribution in [0.2, 0.25) is 0 Å². The molecule has 7 nitrogen and oxygen atoms in total. The fraction of sp³-hybridized carbons (Fsp3) is 0.462. The first-order valence-corrected chi connectivity index (χ1v) is 8.56. The Morgan fingerprint density at radius 1 is 1.55 bits per heavy atom. The van der Waals surface area contributed by atoms with Crippen molar-refractivity contribution in [1.29, 1.82) is 0 Å². The number of thioether (sulfide) groups is 1. The van der Waals surface area contributed by atoms with E-state index in [2.05, 4.69) is 0 Å². The molecule has 2 aliphatic rings. The number of carbonyl (C=O) groups is 3. The van der Waals surface area contributed by atoms with E-state index >= 15 is 0 Å². The Balaban J connectivity index is 1.83. The molecule has 2 amide bonds. The molecule has 3 rings (SSSR count). The molecule has 3 atom stereocenters. The second-order valence-electron chi connectivity index (χ2n) is 5.41. The molecule has 0 spiro atoms. The van der Waals surface area contributed by atoms with Gasteiger partial charge in [-0.15, -0.1) is 23.1 Å². The lowest BCUT2D eigenvalue weighted by Gasteiger charge is -2.55. The number of rotatable bonds is 3. The third-order valence-electron chi connectivity index (χ3n) is 3.86. The van der Waals surface area contributed by atoms with Crippen LogP contribution in [0.4, 0.5) is 5.00 Å². The molecule has 118 valence electrons. The van der Waals surface area contributed by atoms with Crippen molar-refractivity contribution >= 4 is 45.9 Å². The zero-order valence-corrected chi connectivity index (χ0v) is 13.4. The standard InChI is InChI=1S/C13H15N3O4S2/c1-7(17)16(8-3-2-4-21-8)9-10(18)15-5-13(14,12(19)20)6-22-11(9)15/h2-4,9,11H,5-6,14H2,1H3,(H,19,20)/t9?,11-,13?/m1/s1. The van der Waals surface area contributed by atoms with E-state index in [1.807, 2.05) is 11.4 Å². The first-order valence-electron chi connectivity index (χ1n) is 6.63. The van der Waals surface area contributed by atoms with Crippen LogP contribution in [0.25, 0.3) is 0 Å². The van der Waals surface area contributed by atoms with Crippen molar-refractivity contribution in [2.24, 2.45) is 5.73 Å². The van der Waals surface area contributed by atoms with Gasteiger partial charge < -0.3 is 15.7 Å². The molecule has 3 heterocycles. The summed E-state index contributed by atoms with van der Waals surface area (Å²) in [6.07, 6.45) is 0. The van der Waals surface area contributed by atoms with Gasteiger partial charge in [0.2, 0.25) is 11.8 Å². The van der Waals surface area contributed by atoms with Crippen molar-refractivity contribution in [3.63, 3.8) is 0 Å². The van der Waals surface area contributed by atoms with Crippen LogP contribution < -0.4 is 10.6 Å². The highest BCUT2D eigenvalue weighted by molar-refractivity contribution is 8.00. The lowest BCUT2D eigenvalue weighted by molar-refractivity contribution is -0.152. The SMILES string of the molecule is CC(=O)N(c1cccs1)C1C(=O)N2CC(N)(C(=O)O)CS[C@H]12. The highest BCUT2D eigenvalue weighted by Gasteiger charge is 2.58. The maximum Gasteiger partial charge on any atom is 0.326 e. The molecular weight excluding hydrogens is 326 g/mol. The van der Waals surface area contributed by atoms with Gasteiger partial charge in [-0.05, 0) is 17.5 Å². The zero-order chi connectivity index (χ0) is 16.1. The van der Waals surface area contributed by atoms with Crippen LogP contribution in [0.15, 0.2) is 17.5 Å². The van der Waals surface area contributed by atoms with E-state index in [0.717, 1.165) is 0 Å². The highest BCUT2D eigenvalue weighted by Crippen LogP contribution is 2.42. The Bertz CT molecular complexity index is 635. The van der Waals surface area contributed by atoms with E-state index in [0.29, 0.717) is 5.00 Å². The van der Waals surface area contributed by atoms with Gasteiger partial charge in [0.25, 0.3) is 0 Å². The first kappa shape index (κ1) is 15.3. The summed E-state index contributed by atoms with van der Waals surface area (Å²) in [6, 6.07) is 3.03. The lowest BCUT2D eigenvalue weighted by atomic mass is 9.96. The third-order valence-corrected chi connectivity index (χ3v) is 6.27. The van der Waals surface area contributed by atoms with E-state index in [9.17, 15) is 19.5 Å². The van der Waals surface area contributed by atoms with Gasteiger partial charge in [0, 0.05) is 12.7 Å². The molecule has 0 radical (unpaired) electrons. The van der Waals surface area contributed by atoms with Gasteiger partial charge in [0.15, 0.2) is 0 Å². The smallest absolute Gasteiger partial charge is 0.326 e. The summed E-state index contributed by atoms with van der Waals surface area (Å²) in [5.41, 5.74) is 4.41. The number of carboxylic acid groups (broad SMARTS) is 1. The quantitative estimate of drug-likeness (QED) is 0.760. The molecule has 9 heteroatoms. The Morgan fingerprint density at radius 3 is 2.82 bits per heavy atom. The second kappa shape index (κ2) is 5.25. The topological polar surface area (TPSA) is 104 Å². The summed E-state index contributed by atoms with van der Waals surface area (Å²) in [5, 5.41) is 11.5. The van der Waals surface area contributed by atoms with Crippen molar-refractivity contribution in [1.82, 2.24) is 4.90 Å². The van der Waals surface area contributed by atoms with Gasteiger partial charge >= 0.3 is 5.97 Å². The van der Waals surface area contributed by atoms with E-state index in [1.54, 1.807) is 6.07 Å². The molecule has 1 aromatic heterocycles. The van der Waals surface area contributed by atoms with Gasteiger partial charge in [-0.3, -0.25) is 19.3 Å². The maximum absolute atomic E-state index is 12.4. The minimum atomic E-state index is -1.42. The number of nitrogens with zero attached hydrogens (tertiary/aromatic N) is 2. The molecule has 3 N–H and O–H groups in total. The van der Waals surface area contributed by atoms with Gasteiger partial charge in [-0.2, -0.15) is 0 Å². The molecule has 0 saturated carbocycles. The molecule has 0 bridgehead atoms. The second-order valence-corrected chi connectivity index (χ2v) is 7.45. The summed E-state index contributed by atoms with van der Waals surface area (Å²) in [5.74, 6) is -1.36. The van der Waals surface area contributed by atoms with Crippen molar-refractivity contribution in [3.8, 4) is 0 Å². The number of amides is 2. The van der Waals surface area contributed by atoms with Gasteiger partial charge in [-0.25, -0.2) is 0 Å². The minimum Gasteiger partial charge on any atom is -0.480 e. The molecule has 2 aliphatic heterocycles. The van der Waals surface area contributed by atoms with E-state index in [-0.39, 0.29) is 29.5 Å². The summed E-state index contributed by atoms with van der Waals surface area (Å²) >= 11 is 2.70. The minimum absolute atomic E-state index is 0.0223. The van der Waals surface area contributed by atoms with Gasteiger partial charge in [-0.1, -0.05) is 0 Å². The van der Waals surface area contributed by atoms with Crippen molar-refractivity contribution < 1.29 is 19.5 Å². The number of aliphatic carboxylic acids is 1. The van der Waals surface area contributed by atoms with Crippen molar-refractivity contribution in [3.05, 3.63) is 17.5 Å². The van der Waals surface area contributed by atoms with Crippen LogP contribution in [0.1, 0.15) is 6.92 Å². The summed E-state index contributed by atoms with van der Waals surface area (Å²) < 4.78 is 0. The first-order chi connectivity index (χ1) is 10.3. The number of anilines is 1. The van der Waals surface area contributed by atoms with Crippen LogP contribution in [-0.4, -0.2) is 57.0 Å². The molecule has 22 heavy (non-hydrogen) atoms. The number of nitrogens with two attached hydrogens (primary N) is 1. The van der Waals surface area contributed by atoms with Crippen LogP contribution in [-0.2, 0) is 14.4 Å². The average Bonchev–Trinajstić information content (AvgIpc) is 2.98. The maximum atomic E-state index is 12.4. The molecular formula is C13H15N3O4S2. The zero-order valence-electron chi connectivity index (χ0n) is 11.8. The summed E-state index contributed by atoms with van der Waals surface area (Å²) in [7, 11) is 0. The number of thiophene rings is 1. The third kappa shape index (κ3) is 2.20. The predicted molar refractivity (Wildman–Crippen MR) is 83.8 cm³/mol. The molecule has 1 aromatic rings. The number of hydrogen-bond acceptors (Lipinski definition) is 6. The summed E-state index contributed by atoms with van der Waals surface area (Å²) in [6.45, 7) is 1.40. The van der Waals surface area contributed by atoms with Crippen LogP contribution in [0.3, 0.4) is 0 Å². The Kier molecular flexibility index (Phi) is 3.66. The average molecular weight is 341 g/mol.